The van der Waals surface area contributed by atoms with Gasteiger partial charge in [0.05, 0.1) is 17.3 Å². The van der Waals surface area contributed by atoms with E-state index in [2.05, 4.69) is 17.1 Å². The molecule has 3 nitrogen and oxygen atoms in total. The zero-order valence-corrected chi connectivity index (χ0v) is 14.9. The summed E-state index contributed by atoms with van der Waals surface area (Å²) >= 11 is 0. The Hall–Kier alpha value is -2.94. The lowest BCUT2D eigenvalue weighted by Crippen LogP contribution is -2.31. The number of carbonyl (C=O) groups excluding carboxylic acids is 1. The normalized spacial score (nSPS) is 16.7. The second-order valence-electron chi connectivity index (χ2n) is 6.75. The van der Waals surface area contributed by atoms with Crippen LogP contribution in [0.3, 0.4) is 0 Å². The maximum atomic E-state index is 13.5. The highest BCUT2D eigenvalue weighted by Crippen LogP contribution is 2.35. The van der Waals surface area contributed by atoms with E-state index in [4.69, 9.17) is 0 Å². The van der Waals surface area contributed by atoms with Gasteiger partial charge in [-0.3, -0.25) is 9.78 Å². The minimum Gasteiger partial charge on any atom is -0.332 e. The van der Waals surface area contributed by atoms with Gasteiger partial charge in [-0.05, 0) is 42.5 Å². The summed E-state index contributed by atoms with van der Waals surface area (Å²) in [6, 6.07) is 22.5. The molecule has 26 heavy (non-hydrogen) atoms. The lowest BCUT2D eigenvalue weighted by molar-refractivity contribution is 0.0735. The van der Waals surface area contributed by atoms with E-state index in [1.165, 1.54) is 5.56 Å². The predicted octanol–water partition coefficient (Wildman–Crippen LogP) is 5.03. The molecule has 0 spiro atoms. The lowest BCUT2D eigenvalue weighted by Gasteiger charge is -2.26. The van der Waals surface area contributed by atoms with Crippen molar-refractivity contribution in [2.24, 2.45) is 0 Å². The largest absolute Gasteiger partial charge is 0.332 e. The maximum absolute atomic E-state index is 13.5. The first-order valence-corrected chi connectivity index (χ1v) is 9.12. The third kappa shape index (κ3) is 3.01. The van der Waals surface area contributed by atoms with Crippen LogP contribution in [0.4, 0.5) is 0 Å². The van der Waals surface area contributed by atoms with E-state index < -0.39 is 0 Å². The van der Waals surface area contributed by atoms with Crippen molar-refractivity contribution in [2.75, 3.05) is 6.54 Å². The molecule has 0 radical (unpaired) electrons. The molecule has 130 valence electrons. The molecule has 4 rings (SSSR count). The molecule has 0 N–H and O–H groups in total. The van der Waals surface area contributed by atoms with Gasteiger partial charge in [-0.1, -0.05) is 60.7 Å². The number of pyridine rings is 1. The number of aryl methyl sites for hydroxylation is 1. The van der Waals surface area contributed by atoms with Gasteiger partial charge in [0.2, 0.25) is 0 Å². The molecule has 3 heteroatoms. The Kier molecular flexibility index (Phi) is 4.53. The fourth-order valence-corrected chi connectivity index (χ4v) is 3.87. The minimum absolute atomic E-state index is 0.0841. The van der Waals surface area contributed by atoms with Gasteiger partial charge in [-0.2, -0.15) is 0 Å². The van der Waals surface area contributed by atoms with Crippen molar-refractivity contribution in [3.63, 3.8) is 0 Å². The maximum Gasteiger partial charge on any atom is 0.256 e. The molecule has 0 bridgehead atoms. The number of likely N-dealkylation sites (tertiary alicyclic amines) is 1. The van der Waals surface area contributed by atoms with Gasteiger partial charge >= 0.3 is 0 Å². The molecule has 1 aliphatic heterocycles. The summed E-state index contributed by atoms with van der Waals surface area (Å²) in [4.78, 5) is 20.0. The van der Waals surface area contributed by atoms with Crippen molar-refractivity contribution in [2.45, 2.75) is 25.8 Å². The number of hydrogen-bond donors (Lipinski definition) is 0. The van der Waals surface area contributed by atoms with Crippen LogP contribution in [0.15, 0.2) is 72.9 Å². The zero-order chi connectivity index (χ0) is 17.9. The van der Waals surface area contributed by atoms with Gasteiger partial charge < -0.3 is 4.90 Å². The molecule has 2 aromatic carbocycles. The molecule has 3 aromatic rings. The number of nitrogens with zero attached hydrogens (tertiary/aromatic N) is 2. The van der Waals surface area contributed by atoms with E-state index in [0.29, 0.717) is 0 Å². The third-order valence-corrected chi connectivity index (χ3v) is 5.14. The summed E-state index contributed by atoms with van der Waals surface area (Å²) in [5.74, 6) is 0.0841. The second-order valence-corrected chi connectivity index (χ2v) is 6.75. The van der Waals surface area contributed by atoms with Gasteiger partial charge in [0.1, 0.15) is 0 Å². The van der Waals surface area contributed by atoms with Gasteiger partial charge in [-0.15, -0.1) is 0 Å². The molecule has 1 fully saturated rings. The summed E-state index contributed by atoms with van der Waals surface area (Å²) in [6.45, 7) is 2.72. The number of hydrogen-bond acceptors (Lipinski definition) is 2. The standard InChI is InChI=1S/C23H22N2O/c1-17-22(20(14-15-24-17)18-9-4-2-5-10-18)23(26)25-16-8-13-21(25)19-11-6-3-7-12-19/h2-7,9-12,14-15,21H,8,13,16H2,1H3/t21-/m0/s1. The molecular weight excluding hydrogens is 320 g/mol. The molecule has 1 aliphatic rings. The van der Waals surface area contributed by atoms with Crippen LogP contribution in [-0.4, -0.2) is 22.3 Å². The third-order valence-electron chi connectivity index (χ3n) is 5.14. The Labute approximate surface area is 154 Å². The average Bonchev–Trinajstić information content (AvgIpc) is 3.18. The Bertz CT molecular complexity index is 906. The van der Waals surface area contributed by atoms with Gasteiger partial charge in [0, 0.05) is 12.7 Å². The van der Waals surface area contributed by atoms with E-state index in [1.807, 2.05) is 66.4 Å². The van der Waals surface area contributed by atoms with Crippen molar-refractivity contribution >= 4 is 5.91 Å². The lowest BCUT2D eigenvalue weighted by atomic mass is 9.97. The Morgan fingerprint density at radius 2 is 1.69 bits per heavy atom. The predicted molar refractivity (Wildman–Crippen MR) is 104 cm³/mol. The Balaban J connectivity index is 1.75. The summed E-state index contributed by atoms with van der Waals surface area (Å²) in [5, 5.41) is 0. The number of amides is 1. The van der Waals surface area contributed by atoms with Crippen LogP contribution >= 0.6 is 0 Å². The number of aromatic nitrogens is 1. The molecule has 0 saturated carbocycles. The van der Waals surface area contributed by atoms with E-state index in [9.17, 15) is 4.79 Å². The highest BCUT2D eigenvalue weighted by atomic mass is 16.2. The van der Waals surface area contributed by atoms with Crippen molar-refractivity contribution in [1.82, 2.24) is 9.88 Å². The van der Waals surface area contributed by atoms with Crippen LogP contribution in [0.1, 0.15) is 40.5 Å². The minimum atomic E-state index is 0.0841. The zero-order valence-electron chi connectivity index (χ0n) is 14.9. The summed E-state index contributed by atoms with van der Waals surface area (Å²) in [5.41, 5.74) is 4.73. The molecule has 2 heterocycles. The molecule has 1 aromatic heterocycles. The summed E-state index contributed by atoms with van der Waals surface area (Å²) in [6.07, 6.45) is 3.83. The van der Waals surface area contributed by atoms with E-state index >= 15 is 0 Å². The highest BCUT2D eigenvalue weighted by Gasteiger charge is 2.32. The number of rotatable bonds is 3. The molecule has 1 saturated heterocycles. The Morgan fingerprint density at radius 1 is 1.00 bits per heavy atom. The van der Waals surface area contributed by atoms with Gasteiger partial charge in [0.25, 0.3) is 5.91 Å². The first kappa shape index (κ1) is 16.5. The van der Waals surface area contributed by atoms with Crippen LogP contribution in [0, 0.1) is 6.92 Å². The van der Waals surface area contributed by atoms with Crippen molar-refractivity contribution in [1.29, 1.82) is 0 Å². The SMILES string of the molecule is Cc1nccc(-c2ccccc2)c1C(=O)N1CCC[C@H]1c1ccccc1. The molecule has 0 aliphatic carbocycles. The van der Waals surface area contributed by atoms with E-state index in [1.54, 1.807) is 6.20 Å². The summed E-state index contributed by atoms with van der Waals surface area (Å²) < 4.78 is 0. The van der Waals surface area contributed by atoms with Crippen LogP contribution in [0.2, 0.25) is 0 Å². The average molecular weight is 342 g/mol. The van der Waals surface area contributed by atoms with E-state index in [0.717, 1.165) is 41.8 Å². The quantitative estimate of drug-likeness (QED) is 0.668. The second kappa shape index (κ2) is 7.12. The van der Waals surface area contributed by atoms with Crippen LogP contribution < -0.4 is 0 Å². The molecule has 1 atom stereocenters. The Morgan fingerprint density at radius 3 is 2.42 bits per heavy atom. The van der Waals surface area contributed by atoms with E-state index in [-0.39, 0.29) is 11.9 Å². The fraction of sp³-hybridized carbons (Fsp3) is 0.217. The highest BCUT2D eigenvalue weighted by molar-refractivity contribution is 6.02. The number of benzene rings is 2. The molecular formula is C23H22N2O. The first-order valence-electron chi connectivity index (χ1n) is 9.12. The fourth-order valence-electron chi connectivity index (χ4n) is 3.87. The van der Waals surface area contributed by atoms with Gasteiger partial charge in [0.15, 0.2) is 0 Å². The van der Waals surface area contributed by atoms with Gasteiger partial charge in [-0.25, -0.2) is 0 Å². The smallest absolute Gasteiger partial charge is 0.256 e. The van der Waals surface area contributed by atoms with Crippen LogP contribution in [0.25, 0.3) is 11.1 Å². The molecule has 0 unspecified atom stereocenters. The first-order chi connectivity index (χ1) is 12.8. The van der Waals surface area contributed by atoms with Crippen molar-refractivity contribution in [3.05, 3.63) is 89.7 Å². The molecule has 1 amide bonds. The van der Waals surface area contributed by atoms with Crippen molar-refractivity contribution in [3.8, 4) is 11.1 Å². The van der Waals surface area contributed by atoms with Crippen molar-refractivity contribution < 1.29 is 4.79 Å². The monoisotopic (exact) mass is 342 g/mol. The van der Waals surface area contributed by atoms with Crippen LogP contribution in [-0.2, 0) is 0 Å². The summed E-state index contributed by atoms with van der Waals surface area (Å²) in [7, 11) is 0. The topological polar surface area (TPSA) is 33.2 Å². The van der Waals surface area contributed by atoms with Crippen LogP contribution in [0.5, 0.6) is 0 Å². The number of carbonyl (C=O) groups is 1.